The molecule has 33 heavy (non-hydrogen) atoms. The lowest BCUT2D eigenvalue weighted by Crippen LogP contribution is -2.18. The molecule has 0 N–H and O–H groups in total. The third kappa shape index (κ3) is 6.87. The van der Waals surface area contributed by atoms with Gasteiger partial charge in [0.15, 0.2) is 0 Å². The van der Waals surface area contributed by atoms with E-state index in [-0.39, 0.29) is 10.8 Å². The second-order valence-corrected chi connectivity index (χ2v) is 12.1. The van der Waals surface area contributed by atoms with Crippen molar-refractivity contribution in [1.29, 1.82) is 0 Å². The van der Waals surface area contributed by atoms with Gasteiger partial charge in [-0.05, 0) is 89.5 Å². The zero-order chi connectivity index (χ0) is 25.0. The molecule has 0 heterocycles. The summed E-state index contributed by atoms with van der Waals surface area (Å²) in [5, 5.41) is 0. The van der Waals surface area contributed by atoms with Crippen molar-refractivity contribution in [3.63, 3.8) is 0 Å². The Labute approximate surface area is 205 Å². The Morgan fingerprint density at radius 3 is 1.73 bits per heavy atom. The van der Waals surface area contributed by atoms with Crippen molar-refractivity contribution in [2.75, 3.05) is 6.61 Å². The first kappa shape index (κ1) is 27.5. The Bertz CT molecular complexity index is 921. The summed E-state index contributed by atoms with van der Waals surface area (Å²) in [6, 6.07) is 9.71. The highest BCUT2D eigenvalue weighted by Gasteiger charge is 2.26. The average molecular weight is 451 g/mol. The summed E-state index contributed by atoms with van der Waals surface area (Å²) in [6.45, 7) is 26.1. The number of ether oxygens (including phenoxy) is 1. The van der Waals surface area contributed by atoms with E-state index < -0.39 is 0 Å². The molecule has 0 amide bonds. The molecule has 0 bridgehead atoms. The first-order valence-electron chi connectivity index (χ1n) is 13.2. The van der Waals surface area contributed by atoms with Crippen molar-refractivity contribution >= 4 is 0 Å². The van der Waals surface area contributed by atoms with Gasteiger partial charge in [-0.15, -0.1) is 0 Å². The van der Waals surface area contributed by atoms with Gasteiger partial charge in [0, 0.05) is 5.92 Å². The minimum atomic E-state index is 0.0399. The number of rotatable bonds is 9. The Balaban J connectivity index is 2.64. The van der Waals surface area contributed by atoms with E-state index in [2.05, 4.69) is 100 Å². The fourth-order valence-electron chi connectivity index (χ4n) is 5.13. The third-order valence-electron chi connectivity index (χ3n) is 6.93. The normalized spacial score (nSPS) is 13.3. The molecule has 0 aliphatic rings. The van der Waals surface area contributed by atoms with E-state index >= 15 is 0 Å². The highest BCUT2D eigenvalue weighted by Crippen LogP contribution is 2.41. The first-order valence-corrected chi connectivity index (χ1v) is 13.2. The van der Waals surface area contributed by atoms with Crippen molar-refractivity contribution in [2.24, 2.45) is 0 Å². The first-order chi connectivity index (χ1) is 15.3. The van der Waals surface area contributed by atoms with Crippen LogP contribution in [0.25, 0.3) is 0 Å². The van der Waals surface area contributed by atoms with E-state index in [4.69, 9.17) is 4.74 Å². The zero-order valence-electron chi connectivity index (χ0n) is 23.5. The summed E-state index contributed by atoms with van der Waals surface area (Å²) in [5.41, 5.74) is 10.1. The number of unbranched alkanes of at least 4 members (excludes halogenated alkanes) is 2. The molecule has 0 aliphatic heterocycles. The number of benzene rings is 2. The van der Waals surface area contributed by atoms with Gasteiger partial charge >= 0.3 is 0 Å². The lowest BCUT2D eigenvalue weighted by molar-refractivity contribution is 0.298. The van der Waals surface area contributed by atoms with Gasteiger partial charge in [-0.1, -0.05) is 92.9 Å². The molecule has 2 aromatic rings. The average Bonchev–Trinajstić information content (AvgIpc) is 2.68. The lowest BCUT2D eigenvalue weighted by Gasteiger charge is -2.30. The minimum Gasteiger partial charge on any atom is -0.493 e. The van der Waals surface area contributed by atoms with E-state index in [0.717, 1.165) is 25.2 Å². The predicted molar refractivity (Wildman–Crippen MR) is 146 cm³/mol. The third-order valence-corrected chi connectivity index (χ3v) is 6.93. The summed E-state index contributed by atoms with van der Waals surface area (Å²) < 4.78 is 6.35. The molecule has 1 atom stereocenters. The highest BCUT2D eigenvalue weighted by atomic mass is 16.5. The summed E-state index contributed by atoms with van der Waals surface area (Å²) in [7, 11) is 0. The minimum absolute atomic E-state index is 0.0399. The highest BCUT2D eigenvalue weighted by molar-refractivity contribution is 5.52. The molecule has 0 fully saturated rings. The number of aryl methyl sites for hydroxylation is 3. The maximum Gasteiger partial charge on any atom is 0.123 e. The summed E-state index contributed by atoms with van der Waals surface area (Å²) in [4.78, 5) is 0. The van der Waals surface area contributed by atoms with Crippen LogP contribution in [0.5, 0.6) is 5.75 Å². The maximum absolute atomic E-state index is 6.35. The molecule has 1 heteroatoms. The van der Waals surface area contributed by atoms with E-state index in [0.29, 0.717) is 5.92 Å². The van der Waals surface area contributed by atoms with Crippen LogP contribution in [0.3, 0.4) is 0 Å². The number of hydrogen-bond acceptors (Lipinski definition) is 1. The van der Waals surface area contributed by atoms with Gasteiger partial charge in [-0.3, -0.25) is 0 Å². The van der Waals surface area contributed by atoms with Crippen LogP contribution in [0, 0.1) is 20.8 Å². The van der Waals surface area contributed by atoms with Crippen molar-refractivity contribution in [3.8, 4) is 5.75 Å². The van der Waals surface area contributed by atoms with Crippen LogP contribution in [0.2, 0.25) is 0 Å². The Kier molecular flexibility index (Phi) is 9.25. The van der Waals surface area contributed by atoms with Gasteiger partial charge in [-0.25, -0.2) is 0 Å². The van der Waals surface area contributed by atoms with E-state index in [9.17, 15) is 0 Å². The van der Waals surface area contributed by atoms with E-state index in [1.54, 1.807) is 0 Å². The van der Waals surface area contributed by atoms with E-state index in [1.165, 1.54) is 58.2 Å². The van der Waals surface area contributed by atoms with Crippen LogP contribution in [0.4, 0.5) is 0 Å². The van der Waals surface area contributed by atoms with Crippen LogP contribution >= 0.6 is 0 Å². The Hall–Kier alpha value is -1.76. The van der Waals surface area contributed by atoms with Gasteiger partial charge in [0.1, 0.15) is 5.75 Å². The van der Waals surface area contributed by atoms with Crippen LogP contribution in [0.15, 0.2) is 24.3 Å². The van der Waals surface area contributed by atoms with Crippen molar-refractivity contribution < 1.29 is 4.74 Å². The van der Waals surface area contributed by atoms with Crippen LogP contribution < -0.4 is 4.74 Å². The fourth-order valence-corrected chi connectivity index (χ4v) is 5.13. The second-order valence-electron chi connectivity index (χ2n) is 12.1. The van der Waals surface area contributed by atoms with Crippen LogP contribution in [0.1, 0.15) is 132 Å². The fraction of sp³-hybridized carbons (Fsp3) is 0.625. The molecule has 0 spiro atoms. The molecule has 0 radical (unpaired) electrons. The molecule has 1 unspecified atom stereocenters. The summed E-state index contributed by atoms with van der Waals surface area (Å²) >= 11 is 0. The zero-order valence-corrected chi connectivity index (χ0v) is 23.5. The van der Waals surface area contributed by atoms with Crippen molar-refractivity contribution in [1.82, 2.24) is 0 Å². The monoisotopic (exact) mass is 450 g/mol. The van der Waals surface area contributed by atoms with E-state index in [1.807, 2.05) is 0 Å². The van der Waals surface area contributed by atoms with Crippen LogP contribution in [-0.4, -0.2) is 6.61 Å². The van der Waals surface area contributed by atoms with Gasteiger partial charge in [0.2, 0.25) is 0 Å². The lowest BCUT2D eigenvalue weighted by atomic mass is 9.76. The topological polar surface area (TPSA) is 9.23 Å². The van der Waals surface area contributed by atoms with Gasteiger partial charge in [-0.2, -0.15) is 0 Å². The molecule has 2 aromatic carbocycles. The molecule has 0 saturated heterocycles. The predicted octanol–water partition coefficient (Wildman–Crippen LogP) is 9.71. The number of hydrogen-bond donors (Lipinski definition) is 0. The molecule has 0 aromatic heterocycles. The molecular weight excluding hydrogens is 400 g/mol. The maximum atomic E-state index is 6.35. The SMILES string of the molecule is CCCCCOc1cc(C)c(C(CCC)c2cc(C(C)(C)C)c(C)cc2C)cc1C(C)(C)C. The molecule has 0 aliphatic carbocycles. The van der Waals surface area contributed by atoms with Gasteiger partial charge in [0.05, 0.1) is 6.61 Å². The molecule has 184 valence electrons. The summed E-state index contributed by atoms with van der Waals surface area (Å²) in [5.74, 6) is 1.48. The molecule has 1 nitrogen and oxygen atoms in total. The quantitative estimate of drug-likeness (QED) is 0.345. The molecule has 0 saturated carbocycles. The van der Waals surface area contributed by atoms with Gasteiger partial charge < -0.3 is 4.74 Å². The molecule has 2 rings (SSSR count). The Morgan fingerprint density at radius 2 is 1.21 bits per heavy atom. The summed E-state index contributed by atoms with van der Waals surface area (Å²) in [6.07, 6.45) is 5.90. The molecular formula is C32H50O. The van der Waals surface area contributed by atoms with Crippen molar-refractivity contribution in [3.05, 3.63) is 63.2 Å². The largest absolute Gasteiger partial charge is 0.493 e. The van der Waals surface area contributed by atoms with Crippen LogP contribution in [-0.2, 0) is 10.8 Å². The smallest absolute Gasteiger partial charge is 0.123 e. The van der Waals surface area contributed by atoms with Crippen molar-refractivity contribution in [2.45, 2.75) is 125 Å². The second kappa shape index (κ2) is 11.1. The standard InChI is InChI=1S/C32H50O/c1-12-14-15-17-33-30-19-23(4)27(21-29(30)32(9,10)11)25(16-13-2)26-20-28(31(6,7)8)24(5)18-22(26)3/h18-21,25H,12-17H2,1-11H3. The Morgan fingerprint density at radius 1 is 0.667 bits per heavy atom. The van der Waals surface area contributed by atoms with Gasteiger partial charge in [0.25, 0.3) is 0 Å².